The van der Waals surface area contributed by atoms with Gasteiger partial charge in [0.15, 0.2) is 0 Å². The van der Waals surface area contributed by atoms with E-state index in [1.165, 1.54) is 35.4 Å². The van der Waals surface area contributed by atoms with Crippen molar-refractivity contribution >= 4 is 29.1 Å². The molecule has 0 radical (unpaired) electrons. The molecule has 1 heterocycles. The van der Waals surface area contributed by atoms with Crippen LogP contribution in [0.1, 0.15) is 20.0 Å². The number of carbonyl (C=O) groups excluding carboxylic acids is 1. The molecule has 0 unspecified atom stereocenters. The van der Waals surface area contributed by atoms with Gasteiger partial charge in [-0.3, -0.25) is 4.79 Å². The number of carbonyl (C=O) groups is 2. The summed E-state index contributed by atoms with van der Waals surface area (Å²) in [4.78, 5) is 24.7. The molecule has 0 saturated heterocycles. The van der Waals surface area contributed by atoms with E-state index in [1.54, 1.807) is 0 Å². The number of anilines is 1. The van der Waals surface area contributed by atoms with E-state index in [4.69, 9.17) is 10.2 Å². The highest BCUT2D eigenvalue weighted by Gasteiger charge is 2.19. The van der Waals surface area contributed by atoms with Gasteiger partial charge < -0.3 is 15.1 Å². The summed E-state index contributed by atoms with van der Waals surface area (Å²) in [5, 5.41) is 21.5. The molecule has 1 amide bonds. The van der Waals surface area contributed by atoms with E-state index in [2.05, 4.69) is 9.59 Å². The summed E-state index contributed by atoms with van der Waals surface area (Å²) in [5.74, 6) is -1.37. The fourth-order valence-corrected chi connectivity index (χ4v) is 2.09. The zero-order chi connectivity index (χ0) is 14.5. The van der Waals surface area contributed by atoms with Gasteiger partial charge in [0.2, 0.25) is 0 Å². The highest BCUT2D eigenvalue weighted by atomic mass is 32.1. The normalized spacial score (nSPS) is 10.2. The Labute approximate surface area is 118 Å². The Morgan fingerprint density at radius 2 is 1.95 bits per heavy atom. The first-order valence-corrected chi connectivity index (χ1v) is 6.44. The lowest BCUT2D eigenvalue weighted by Gasteiger charge is -2.20. The first-order chi connectivity index (χ1) is 9.63. The van der Waals surface area contributed by atoms with E-state index >= 15 is 0 Å². The Hall–Kier alpha value is -2.32. The fraction of sp³-hybridized carbons (Fsp3) is 0.167. The SMILES string of the molecule is O=C(O)c1ccc(N(CCO)C(=O)c2cnns2)cc1. The average molecular weight is 293 g/mol. The fourth-order valence-electron chi connectivity index (χ4n) is 1.63. The third kappa shape index (κ3) is 2.98. The number of aromatic carboxylic acids is 1. The number of aromatic nitrogens is 2. The first kappa shape index (κ1) is 14.1. The Morgan fingerprint density at radius 3 is 2.45 bits per heavy atom. The van der Waals surface area contributed by atoms with Gasteiger partial charge in [0, 0.05) is 12.2 Å². The van der Waals surface area contributed by atoms with Crippen LogP contribution in [0.5, 0.6) is 0 Å². The number of nitrogens with zero attached hydrogens (tertiary/aromatic N) is 3. The van der Waals surface area contributed by atoms with Crippen LogP contribution in [0.3, 0.4) is 0 Å². The van der Waals surface area contributed by atoms with Gasteiger partial charge in [-0.2, -0.15) is 0 Å². The molecule has 8 heteroatoms. The summed E-state index contributed by atoms with van der Waals surface area (Å²) in [6.45, 7) is -0.109. The minimum absolute atomic E-state index is 0.100. The van der Waals surface area contributed by atoms with E-state index < -0.39 is 5.97 Å². The highest BCUT2D eigenvalue weighted by molar-refractivity contribution is 7.07. The van der Waals surface area contributed by atoms with Crippen LogP contribution in [-0.2, 0) is 0 Å². The number of hydrogen-bond acceptors (Lipinski definition) is 6. The molecule has 104 valence electrons. The summed E-state index contributed by atoms with van der Waals surface area (Å²) in [6.07, 6.45) is 1.35. The second-order valence-electron chi connectivity index (χ2n) is 3.81. The van der Waals surface area contributed by atoms with Gasteiger partial charge in [0.1, 0.15) is 4.88 Å². The van der Waals surface area contributed by atoms with Crippen molar-refractivity contribution in [1.82, 2.24) is 9.59 Å². The molecule has 1 aromatic carbocycles. The van der Waals surface area contributed by atoms with Gasteiger partial charge in [-0.25, -0.2) is 4.79 Å². The van der Waals surface area contributed by atoms with Gasteiger partial charge in [-0.05, 0) is 35.8 Å². The summed E-state index contributed by atoms with van der Waals surface area (Å²) in [7, 11) is 0. The molecular formula is C12H11N3O4S. The quantitative estimate of drug-likeness (QED) is 0.848. The Kier molecular flexibility index (Phi) is 4.38. The maximum Gasteiger partial charge on any atom is 0.335 e. The number of hydrogen-bond donors (Lipinski definition) is 2. The number of carboxylic acid groups (broad SMARTS) is 1. The molecule has 0 saturated carbocycles. The van der Waals surface area contributed by atoms with Crippen LogP contribution in [0, 0.1) is 0 Å². The summed E-state index contributed by atoms with van der Waals surface area (Å²) in [5.41, 5.74) is 0.632. The molecule has 20 heavy (non-hydrogen) atoms. The molecular weight excluding hydrogens is 282 g/mol. The number of benzene rings is 1. The second kappa shape index (κ2) is 6.22. The maximum absolute atomic E-state index is 12.2. The van der Waals surface area contributed by atoms with Gasteiger partial charge in [-0.1, -0.05) is 4.49 Å². The standard InChI is InChI=1S/C12H11N3O4S/c16-6-5-15(11(17)10-7-13-14-20-10)9-3-1-8(2-4-9)12(18)19/h1-4,7,16H,5-6H2,(H,18,19). The monoisotopic (exact) mass is 293 g/mol. The van der Waals surface area contributed by atoms with Crippen LogP contribution < -0.4 is 4.90 Å². The molecule has 2 N–H and O–H groups in total. The highest BCUT2D eigenvalue weighted by Crippen LogP contribution is 2.19. The lowest BCUT2D eigenvalue weighted by molar-refractivity contribution is 0.0696. The van der Waals surface area contributed by atoms with Crippen molar-refractivity contribution in [2.45, 2.75) is 0 Å². The van der Waals surface area contributed by atoms with Crippen LogP contribution in [0.2, 0.25) is 0 Å². The third-order valence-electron chi connectivity index (χ3n) is 2.57. The zero-order valence-corrected chi connectivity index (χ0v) is 11.1. The van der Waals surface area contributed by atoms with Crippen molar-refractivity contribution in [3.8, 4) is 0 Å². The van der Waals surface area contributed by atoms with E-state index in [9.17, 15) is 9.59 Å². The molecule has 0 aliphatic rings. The predicted octanol–water partition coefficient (Wildman–Crippen LogP) is 0.875. The van der Waals surface area contributed by atoms with E-state index in [0.717, 1.165) is 11.5 Å². The Balaban J connectivity index is 2.28. The number of aliphatic hydroxyl groups is 1. The molecule has 2 rings (SSSR count). The van der Waals surface area contributed by atoms with E-state index in [1.807, 2.05) is 0 Å². The van der Waals surface area contributed by atoms with Crippen molar-refractivity contribution < 1.29 is 19.8 Å². The zero-order valence-electron chi connectivity index (χ0n) is 10.3. The molecule has 0 aliphatic heterocycles. The Morgan fingerprint density at radius 1 is 1.25 bits per heavy atom. The third-order valence-corrected chi connectivity index (χ3v) is 3.22. The molecule has 0 spiro atoms. The minimum Gasteiger partial charge on any atom is -0.478 e. The lowest BCUT2D eigenvalue weighted by atomic mass is 10.2. The molecule has 1 aromatic heterocycles. The number of rotatable bonds is 5. The molecule has 0 aliphatic carbocycles. The van der Waals surface area contributed by atoms with Crippen molar-refractivity contribution in [1.29, 1.82) is 0 Å². The minimum atomic E-state index is -1.04. The molecule has 0 atom stereocenters. The number of carboxylic acids is 1. The topological polar surface area (TPSA) is 104 Å². The van der Waals surface area contributed by atoms with Crippen LogP contribution in [-0.4, -0.2) is 44.8 Å². The maximum atomic E-state index is 12.2. The molecule has 7 nitrogen and oxygen atoms in total. The van der Waals surface area contributed by atoms with Gasteiger partial charge >= 0.3 is 5.97 Å². The van der Waals surface area contributed by atoms with Crippen LogP contribution in [0.15, 0.2) is 30.5 Å². The van der Waals surface area contributed by atoms with Gasteiger partial charge in [0.05, 0.1) is 18.4 Å². The summed E-state index contributed by atoms with van der Waals surface area (Å²) in [6, 6.07) is 5.84. The first-order valence-electron chi connectivity index (χ1n) is 5.67. The average Bonchev–Trinajstić information content (AvgIpc) is 2.98. The summed E-state index contributed by atoms with van der Waals surface area (Å²) < 4.78 is 3.62. The van der Waals surface area contributed by atoms with Gasteiger partial charge in [0.25, 0.3) is 5.91 Å². The Bertz CT molecular complexity index is 598. The van der Waals surface area contributed by atoms with E-state index in [-0.39, 0.29) is 24.6 Å². The smallest absolute Gasteiger partial charge is 0.335 e. The van der Waals surface area contributed by atoms with E-state index in [0.29, 0.717) is 10.6 Å². The predicted molar refractivity (Wildman–Crippen MR) is 72.1 cm³/mol. The van der Waals surface area contributed by atoms with Crippen LogP contribution in [0.25, 0.3) is 0 Å². The lowest BCUT2D eigenvalue weighted by Crippen LogP contribution is -2.33. The van der Waals surface area contributed by atoms with Crippen molar-refractivity contribution in [2.24, 2.45) is 0 Å². The number of amides is 1. The van der Waals surface area contributed by atoms with Gasteiger partial charge in [-0.15, -0.1) is 5.10 Å². The van der Waals surface area contributed by atoms with Crippen molar-refractivity contribution in [3.63, 3.8) is 0 Å². The molecule has 2 aromatic rings. The second-order valence-corrected chi connectivity index (χ2v) is 4.60. The van der Waals surface area contributed by atoms with Crippen molar-refractivity contribution in [2.75, 3.05) is 18.1 Å². The largest absolute Gasteiger partial charge is 0.478 e. The van der Waals surface area contributed by atoms with Crippen molar-refractivity contribution in [3.05, 3.63) is 40.9 Å². The number of aliphatic hydroxyl groups excluding tert-OH is 1. The molecule has 0 bridgehead atoms. The van der Waals surface area contributed by atoms with Crippen LogP contribution >= 0.6 is 11.5 Å². The summed E-state index contributed by atoms with van der Waals surface area (Å²) >= 11 is 0.960. The van der Waals surface area contributed by atoms with Crippen LogP contribution in [0.4, 0.5) is 5.69 Å². The molecule has 0 fully saturated rings.